The van der Waals surface area contributed by atoms with Crippen molar-refractivity contribution < 1.29 is 8.83 Å². The number of hydrogen-bond donors (Lipinski definition) is 0. The van der Waals surface area contributed by atoms with Crippen molar-refractivity contribution in [3.63, 3.8) is 0 Å². The lowest BCUT2D eigenvalue weighted by molar-refractivity contribution is 0.669. The van der Waals surface area contributed by atoms with Crippen LogP contribution in [0.1, 0.15) is 0 Å². The molecular formula is C110H66N10O2. The van der Waals surface area contributed by atoms with E-state index in [0.717, 1.165) is 149 Å². The van der Waals surface area contributed by atoms with Gasteiger partial charge in [0.2, 0.25) is 0 Å². The Morgan fingerprint density at radius 2 is 0.467 bits per heavy atom. The summed E-state index contributed by atoms with van der Waals surface area (Å²) in [6.45, 7) is 0. The second-order valence-corrected chi connectivity index (χ2v) is 31.2. The van der Waals surface area contributed by atoms with Gasteiger partial charge in [-0.15, -0.1) is 0 Å². The maximum atomic E-state index is 6.93. The fourth-order valence-corrected chi connectivity index (χ4v) is 18.9. The first-order valence-corrected chi connectivity index (χ1v) is 41.1. The number of hydrogen-bond acceptors (Lipinski definition) is 8. The lowest BCUT2D eigenvalue weighted by atomic mass is 9.99. The van der Waals surface area contributed by atoms with E-state index >= 15 is 0 Å². The Morgan fingerprint density at radius 1 is 0.172 bits per heavy atom. The molecule has 18 aromatic carbocycles. The molecule has 8 heterocycles. The summed E-state index contributed by atoms with van der Waals surface area (Å²) in [5.41, 5.74) is 22.1. The molecule has 568 valence electrons. The Kier molecular flexibility index (Phi) is 15.4. The summed E-state index contributed by atoms with van der Waals surface area (Å²) in [6.07, 6.45) is 0. The van der Waals surface area contributed by atoms with E-state index in [2.05, 4.69) is 297 Å². The van der Waals surface area contributed by atoms with Crippen molar-refractivity contribution >= 4 is 153 Å². The molecule has 0 spiro atoms. The second kappa shape index (κ2) is 27.5. The zero-order valence-corrected chi connectivity index (χ0v) is 65.4. The average molecular weight is 1560 g/mol. The molecule has 0 aliphatic heterocycles. The lowest BCUT2D eigenvalue weighted by Crippen LogP contribution is -2.00. The summed E-state index contributed by atoms with van der Waals surface area (Å²) in [4.78, 5) is 30.5. The molecule has 0 aliphatic carbocycles. The molecule has 0 aliphatic rings. The summed E-state index contributed by atoms with van der Waals surface area (Å²) in [5.74, 6) is 3.55. The third kappa shape index (κ3) is 10.8. The monoisotopic (exact) mass is 1560 g/mol. The average Bonchev–Trinajstić information content (AvgIpc) is 1.54. The zero-order valence-electron chi connectivity index (χ0n) is 65.4. The molecule has 122 heavy (non-hydrogen) atoms. The van der Waals surface area contributed by atoms with E-state index in [4.69, 9.17) is 38.7 Å². The number of benzene rings is 18. The smallest absolute Gasteiger partial charge is 0.167 e. The Bertz CT molecular complexity index is 8640. The summed E-state index contributed by atoms with van der Waals surface area (Å²) in [5, 5.41) is 18.3. The van der Waals surface area contributed by atoms with Crippen LogP contribution in [0, 0.1) is 0 Å². The van der Waals surface area contributed by atoms with E-state index in [1.54, 1.807) is 0 Å². The minimum atomic E-state index is 0.558. The van der Waals surface area contributed by atoms with Crippen molar-refractivity contribution in [2.75, 3.05) is 0 Å². The highest BCUT2D eigenvalue weighted by atomic mass is 16.3. The largest absolute Gasteiger partial charge is 0.455 e. The van der Waals surface area contributed by atoms with Gasteiger partial charge in [-0.3, -0.25) is 0 Å². The zero-order chi connectivity index (χ0) is 80.0. The molecule has 0 atom stereocenters. The quantitative estimate of drug-likeness (QED) is 0.133. The fraction of sp³-hybridized carbons (Fsp3) is 0. The van der Waals surface area contributed by atoms with Gasteiger partial charge in [-0.2, -0.15) is 0 Å². The Morgan fingerprint density at radius 3 is 0.852 bits per heavy atom. The van der Waals surface area contributed by atoms with Crippen LogP contribution in [0.15, 0.2) is 409 Å². The van der Waals surface area contributed by atoms with Crippen molar-refractivity contribution in [1.29, 1.82) is 0 Å². The first kappa shape index (κ1) is 68.5. The summed E-state index contributed by atoms with van der Waals surface area (Å²) < 4.78 is 23.4. The Balaban J connectivity index is 0.000000134. The molecule has 0 fully saturated rings. The molecule has 26 aromatic rings. The van der Waals surface area contributed by atoms with Gasteiger partial charge in [-0.05, 0) is 143 Å². The number of para-hydroxylation sites is 6. The standard InChI is InChI=1S/2C55H33N5O/c1-4-16-34(17-5-1)53-56-54(35-18-6-2-7-19-35)58-55(57-53)43-32-36-20-10-11-23-39(36)49-42-33-38(28-31-48(42)61-52(43)49)60-45-27-15-13-25-41(45)51-47(60)30-29-46-50(51)40-24-12-14-26-44(40)59(46)37-21-8-3-9-22-37;1-4-16-34(17-5-1)53-56-54(35-18-6-2-7-19-35)58-55(57-53)45-30-36-20-10-11-23-39(36)51-44-31-38(28-29-50(44)61-52(45)51)60-47-27-15-13-25-41(47)43-32-42-40-24-12-14-26-46(40)59(48(42)33-49(43)60)37-21-8-3-9-22-37/h2*1-33H. The molecule has 8 aromatic heterocycles. The SMILES string of the molecule is c1ccc(-c2nc(-c3ccccc3)nc(-c3cc4ccccc4c4c3oc3ccc(-n5c6ccccc6c6c7c8ccccc8n(-c8ccccc8)c7ccc65)cc34)n2)cc1.c1ccc(-c2nc(-c3ccccc3)nc(-c3cc4ccccc4c4c3oc3ccc(-n5c6ccccc6c6cc7c8ccccc8n(-c8ccccc8)c7cc65)cc34)n2)cc1. The topological polar surface area (TPSA) is 123 Å². The van der Waals surface area contributed by atoms with Crippen LogP contribution in [0.2, 0.25) is 0 Å². The van der Waals surface area contributed by atoms with Crippen LogP contribution >= 0.6 is 0 Å². The molecule has 0 unspecified atom stereocenters. The van der Waals surface area contributed by atoms with Crippen molar-refractivity contribution in [1.82, 2.24) is 48.2 Å². The molecular weight excluding hydrogens is 1490 g/mol. The van der Waals surface area contributed by atoms with Crippen LogP contribution < -0.4 is 0 Å². The Hall–Kier alpha value is -16.7. The number of aromatic nitrogens is 10. The van der Waals surface area contributed by atoms with Crippen molar-refractivity contribution in [2.24, 2.45) is 0 Å². The van der Waals surface area contributed by atoms with Gasteiger partial charge >= 0.3 is 0 Å². The maximum Gasteiger partial charge on any atom is 0.167 e. The second-order valence-electron chi connectivity index (χ2n) is 31.2. The lowest BCUT2D eigenvalue weighted by Gasteiger charge is -2.11. The molecule has 0 N–H and O–H groups in total. The minimum Gasteiger partial charge on any atom is -0.455 e. The summed E-state index contributed by atoms with van der Waals surface area (Å²) in [6, 6.07) is 141. The molecule has 0 saturated carbocycles. The van der Waals surface area contributed by atoms with Crippen LogP contribution in [-0.2, 0) is 0 Å². The van der Waals surface area contributed by atoms with Gasteiger partial charge in [0.1, 0.15) is 22.3 Å². The third-order valence-corrected chi connectivity index (χ3v) is 24.3. The number of fused-ring (bicyclic) bond motifs is 23. The highest BCUT2D eigenvalue weighted by Gasteiger charge is 2.28. The number of nitrogens with zero attached hydrogens (tertiary/aromatic N) is 10. The van der Waals surface area contributed by atoms with E-state index in [1.807, 2.05) is 121 Å². The van der Waals surface area contributed by atoms with Crippen molar-refractivity contribution in [3.05, 3.63) is 400 Å². The van der Waals surface area contributed by atoms with Gasteiger partial charge in [0, 0.05) is 110 Å². The summed E-state index contributed by atoms with van der Waals surface area (Å²) in [7, 11) is 0. The van der Waals surface area contributed by atoms with Crippen molar-refractivity contribution in [2.45, 2.75) is 0 Å². The van der Waals surface area contributed by atoms with E-state index in [1.165, 1.54) is 59.6 Å². The van der Waals surface area contributed by atoms with Crippen LogP contribution in [0.25, 0.3) is 244 Å². The first-order chi connectivity index (χ1) is 60.5. The first-order valence-electron chi connectivity index (χ1n) is 41.1. The predicted molar refractivity (Wildman–Crippen MR) is 499 cm³/mol. The van der Waals surface area contributed by atoms with Gasteiger partial charge in [0.25, 0.3) is 0 Å². The van der Waals surface area contributed by atoms with Gasteiger partial charge < -0.3 is 27.1 Å². The van der Waals surface area contributed by atoms with E-state index in [9.17, 15) is 0 Å². The third-order valence-electron chi connectivity index (χ3n) is 24.3. The molecule has 12 nitrogen and oxygen atoms in total. The highest BCUT2D eigenvalue weighted by Crippen LogP contribution is 2.49. The van der Waals surface area contributed by atoms with Gasteiger partial charge in [-0.25, -0.2) is 29.9 Å². The normalized spacial score (nSPS) is 11.9. The van der Waals surface area contributed by atoms with Crippen LogP contribution in [0.4, 0.5) is 0 Å². The Labute approximate surface area is 696 Å². The number of furan rings is 2. The van der Waals surface area contributed by atoms with Crippen molar-refractivity contribution in [3.8, 4) is 91.1 Å². The van der Waals surface area contributed by atoms with Gasteiger partial charge in [-0.1, -0.05) is 279 Å². The van der Waals surface area contributed by atoms with E-state index in [0.29, 0.717) is 34.9 Å². The molecule has 0 saturated heterocycles. The summed E-state index contributed by atoms with van der Waals surface area (Å²) >= 11 is 0. The molecule has 0 radical (unpaired) electrons. The molecule has 0 amide bonds. The predicted octanol–water partition coefficient (Wildman–Crippen LogP) is 28.2. The number of rotatable bonds is 10. The maximum absolute atomic E-state index is 6.93. The molecule has 26 rings (SSSR count). The molecule has 0 bridgehead atoms. The van der Waals surface area contributed by atoms with Crippen LogP contribution in [-0.4, -0.2) is 48.2 Å². The van der Waals surface area contributed by atoms with E-state index < -0.39 is 0 Å². The highest BCUT2D eigenvalue weighted by molar-refractivity contribution is 6.30. The van der Waals surface area contributed by atoms with E-state index in [-0.39, 0.29) is 0 Å². The van der Waals surface area contributed by atoms with Gasteiger partial charge in [0.05, 0.1) is 55.3 Å². The molecule has 12 heteroatoms. The minimum absolute atomic E-state index is 0.558. The fourth-order valence-electron chi connectivity index (χ4n) is 18.9. The van der Waals surface area contributed by atoms with Gasteiger partial charge in [0.15, 0.2) is 34.9 Å². The van der Waals surface area contributed by atoms with Crippen LogP contribution in [0.5, 0.6) is 0 Å². The van der Waals surface area contributed by atoms with Crippen LogP contribution in [0.3, 0.4) is 0 Å².